The van der Waals surface area contributed by atoms with E-state index in [-0.39, 0.29) is 5.91 Å². The molecule has 1 N–H and O–H groups in total. The first-order valence-electron chi connectivity index (χ1n) is 9.66. The summed E-state index contributed by atoms with van der Waals surface area (Å²) in [5.74, 6) is 2.07. The third-order valence-corrected chi connectivity index (χ3v) is 3.83. The third-order valence-electron chi connectivity index (χ3n) is 3.83. The number of benzene rings is 2. The van der Waals surface area contributed by atoms with Gasteiger partial charge in [-0.15, -0.1) is 0 Å². The predicted octanol–water partition coefficient (Wildman–Crippen LogP) is 4.05. The quantitative estimate of drug-likeness (QED) is 0.455. The highest BCUT2D eigenvalue weighted by molar-refractivity contribution is 5.95. The van der Waals surface area contributed by atoms with E-state index in [0.717, 1.165) is 12.0 Å². The van der Waals surface area contributed by atoms with Gasteiger partial charge in [0.1, 0.15) is 0 Å². The second-order valence-electron chi connectivity index (χ2n) is 5.99. The lowest BCUT2D eigenvalue weighted by Crippen LogP contribution is -2.17. The predicted molar refractivity (Wildman–Crippen MR) is 113 cm³/mol. The van der Waals surface area contributed by atoms with Crippen LogP contribution in [0.1, 0.15) is 43.1 Å². The van der Waals surface area contributed by atoms with Crippen molar-refractivity contribution in [1.29, 1.82) is 0 Å². The first-order chi connectivity index (χ1) is 14.1. The molecule has 2 aromatic rings. The molecule has 0 aliphatic carbocycles. The molecular weight excluding hydrogens is 372 g/mol. The monoisotopic (exact) mass is 400 g/mol. The Labute approximate surface area is 171 Å². The molecule has 7 nitrogen and oxygen atoms in total. The van der Waals surface area contributed by atoms with Crippen LogP contribution in [0.3, 0.4) is 0 Å². The fraction of sp³-hybridized carbons (Fsp3) is 0.364. The SMILES string of the molecule is CCCOc1ccc(/C=N/NC(=O)c2ccc(OCC)c(OC)c2)cc1OCC. The molecule has 0 aliphatic rings. The Balaban J connectivity index is 2.06. The molecule has 156 valence electrons. The van der Waals surface area contributed by atoms with Gasteiger partial charge in [-0.1, -0.05) is 6.92 Å². The van der Waals surface area contributed by atoms with Gasteiger partial charge in [0.25, 0.3) is 5.91 Å². The molecule has 7 heteroatoms. The van der Waals surface area contributed by atoms with Gasteiger partial charge in [-0.3, -0.25) is 4.79 Å². The average Bonchev–Trinajstić information content (AvgIpc) is 2.73. The highest BCUT2D eigenvalue weighted by atomic mass is 16.5. The van der Waals surface area contributed by atoms with E-state index in [0.29, 0.717) is 48.4 Å². The average molecular weight is 400 g/mol. The van der Waals surface area contributed by atoms with Crippen LogP contribution in [0.5, 0.6) is 23.0 Å². The maximum Gasteiger partial charge on any atom is 0.271 e. The van der Waals surface area contributed by atoms with Crippen LogP contribution in [0, 0.1) is 0 Å². The van der Waals surface area contributed by atoms with Crippen LogP contribution >= 0.6 is 0 Å². The number of hydrazone groups is 1. The molecule has 0 saturated carbocycles. The number of nitrogens with one attached hydrogen (secondary N) is 1. The Bertz CT molecular complexity index is 836. The summed E-state index contributed by atoms with van der Waals surface area (Å²) in [5.41, 5.74) is 3.71. The molecule has 0 aromatic heterocycles. The molecule has 0 bridgehead atoms. The van der Waals surface area contributed by atoms with E-state index in [1.807, 2.05) is 39.0 Å². The zero-order valence-electron chi connectivity index (χ0n) is 17.4. The van der Waals surface area contributed by atoms with Crippen molar-refractivity contribution in [2.24, 2.45) is 5.10 Å². The van der Waals surface area contributed by atoms with Crippen molar-refractivity contribution in [2.75, 3.05) is 26.9 Å². The summed E-state index contributed by atoms with van der Waals surface area (Å²) in [7, 11) is 1.53. The van der Waals surface area contributed by atoms with Gasteiger partial charge in [-0.25, -0.2) is 5.43 Å². The van der Waals surface area contributed by atoms with E-state index in [4.69, 9.17) is 18.9 Å². The van der Waals surface area contributed by atoms with E-state index < -0.39 is 0 Å². The largest absolute Gasteiger partial charge is 0.493 e. The van der Waals surface area contributed by atoms with Crippen LogP contribution in [0.15, 0.2) is 41.5 Å². The van der Waals surface area contributed by atoms with Gasteiger partial charge in [0.15, 0.2) is 23.0 Å². The van der Waals surface area contributed by atoms with E-state index in [9.17, 15) is 4.79 Å². The molecule has 0 radical (unpaired) electrons. The van der Waals surface area contributed by atoms with Gasteiger partial charge < -0.3 is 18.9 Å². The summed E-state index contributed by atoms with van der Waals surface area (Å²) in [5, 5.41) is 4.03. The van der Waals surface area contributed by atoms with Crippen LogP contribution in [0.25, 0.3) is 0 Å². The van der Waals surface area contributed by atoms with Gasteiger partial charge in [-0.2, -0.15) is 5.10 Å². The third kappa shape index (κ3) is 6.41. The lowest BCUT2D eigenvalue weighted by Gasteiger charge is -2.12. The maximum atomic E-state index is 12.3. The number of hydrogen-bond acceptors (Lipinski definition) is 6. The number of amides is 1. The zero-order valence-corrected chi connectivity index (χ0v) is 17.4. The van der Waals surface area contributed by atoms with Crippen LogP contribution in [0.4, 0.5) is 0 Å². The Morgan fingerprint density at radius 3 is 2.31 bits per heavy atom. The van der Waals surface area contributed by atoms with Crippen molar-refractivity contribution in [1.82, 2.24) is 5.43 Å². The Morgan fingerprint density at radius 1 is 0.931 bits per heavy atom. The summed E-state index contributed by atoms with van der Waals surface area (Å²) in [6, 6.07) is 10.5. The molecule has 0 spiro atoms. The minimum absolute atomic E-state index is 0.351. The number of carbonyl (C=O) groups excluding carboxylic acids is 1. The highest BCUT2D eigenvalue weighted by Gasteiger charge is 2.11. The molecule has 2 rings (SSSR count). The minimum Gasteiger partial charge on any atom is -0.493 e. The van der Waals surface area contributed by atoms with Crippen LogP contribution in [-0.2, 0) is 0 Å². The summed E-state index contributed by atoms with van der Waals surface area (Å²) >= 11 is 0. The normalized spacial score (nSPS) is 10.6. The van der Waals surface area contributed by atoms with Crippen LogP contribution in [-0.4, -0.2) is 39.1 Å². The summed E-state index contributed by atoms with van der Waals surface area (Å²) in [6.07, 6.45) is 2.47. The highest BCUT2D eigenvalue weighted by Crippen LogP contribution is 2.29. The van der Waals surface area contributed by atoms with Crippen molar-refractivity contribution < 1.29 is 23.7 Å². The van der Waals surface area contributed by atoms with Crippen molar-refractivity contribution in [3.05, 3.63) is 47.5 Å². The van der Waals surface area contributed by atoms with Gasteiger partial charge in [0, 0.05) is 5.56 Å². The van der Waals surface area contributed by atoms with Gasteiger partial charge >= 0.3 is 0 Å². The number of carbonyl (C=O) groups is 1. The smallest absolute Gasteiger partial charge is 0.271 e. The van der Waals surface area contributed by atoms with Gasteiger partial charge in [0.2, 0.25) is 0 Å². The number of ether oxygens (including phenoxy) is 4. The molecule has 1 amide bonds. The molecule has 0 fully saturated rings. The first-order valence-corrected chi connectivity index (χ1v) is 9.66. The van der Waals surface area contributed by atoms with Crippen molar-refractivity contribution in [3.8, 4) is 23.0 Å². The first kappa shape index (κ1) is 22.1. The number of methoxy groups -OCH3 is 1. The van der Waals surface area contributed by atoms with Crippen molar-refractivity contribution in [3.63, 3.8) is 0 Å². The Hall–Kier alpha value is -3.22. The molecule has 0 heterocycles. The second-order valence-corrected chi connectivity index (χ2v) is 5.99. The van der Waals surface area contributed by atoms with E-state index in [1.165, 1.54) is 7.11 Å². The van der Waals surface area contributed by atoms with Crippen molar-refractivity contribution >= 4 is 12.1 Å². The standard InChI is InChI=1S/C22H28N2O5/c1-5-12-29-19-10-8-16(13-21(19)28-7-3)15-23-24-22(25)17-9-11-18(27-6-2)20(14-17)26-4/h8-11,13-15H,5-7,12H2,1-4H3,(H,24,25)/b23-15+. The molecule has 0 atom stereocenters. The minimum atomic E-state index is -0.351. The second kappa shape index (κ2) is 11.6. The summed E-state index contributed by atoms with van der Waals surface area (Å²) in [6.45, 7) is 7.50. The fourth-order valence-corrected chi connectivity index (χ4v) is 2.52. The van der Waals surface area contributed by atoms with E-state index in [1.54, 1.807) is 24.4 Å². The fourth-order valence-electron chi connectivity index (χ4n) is 2.52. The van der Waals surface area contributed by atoms with Crippen molar-refractivity contribution in [2.45, 2.75) is 27.2 Å². The number of nitrogens with zero attached hydrogens (tertiary/aromatic N) is 1. The topological polar surface area (TPSA) is 78.4 Å². The Morgan fingerprint density at radius 2 is 1.62 bits per heavy atom. The van der Waals surface area contributed by atoms with Crippen LogP contribution < -0.4 is 24.4 Å². The van der Waals surface area contributed by atoms with E-state index >= 15 is 0 Å². The molecule has 29 heavy (non-hydrogen) atoms. The number of hydrogen-bond donors (Lipinski definition) is 1. The Kier molecular flexibility index (Phi) is 8.82. The molecule has 0 unspecified atom stereocenters. The number of rotatable bonds is 11. The lowest BCUT2D eigenvalue weighted by atomic mass is 10.2. The van der Waals surface area contributed by atoms with Gasteiger partial charge in [-0.05, 0) is 62.2 Å². The molecule has 0 aliphatic heterocycles. The summed E-state index contributed by atoms with van der Waals surface area (Å²) < 4.78 is 22.0. The van der Waals surface area contributed by atoms with Crippen LogP contribution in [0.2, 0.25) is 0 Å². The molecule has 0 saturated heterocycles. The lowest BCUT2D eigenvalue weighted by molar-refractivity contribution is 0.0954. The van der Waals surface area contributed by atoms with E-state index in [2.05, 4.69) is 10.5 Å². The van der Waals surface area contributed by atoms with Gasteiger partial charge in [0.05, 0.1) is 33.1 Å². The summed E-state index contributed by atoms with van der Waals surface area (Å²) in [4.78, 5) is 12.3. The molecular formula is C22H28N2O5. The maximum absolute atomic E-state index is 12.3. The molecule has 2 aromatic carbocycles. The zero-order chi connectivity index (χ0) is 21.1.